The molecule has 0 aromatic carbocycles. The molecule has 0 saturated heterocycles. The predicted octanol–water partition coefficient (Wildman–Crippen LogP) is 2.45. The Morgan fingerprint density at radius 2 is 2.25 bits per heavy atom. The van der Waals surface area contributed by atoms with Crippen LogP contribution in [0.3, 0.4) is 0 Å². The maximum atomic E-state index is 6.22. The van der Waals surface area contributed by atoms with Crippen molar-refractivity contribution in [3.05, 3.63) is 16.1 Å². The van der Waals surface area contributed by atoms with Crippen molar-refractivity contribution in [1.29, 1.82) is 0 Å². The van der Waals surface area contributed by atoms with Crippen LogP contribution < -0.4 is 5.73 Å². The van der Waals surface area contributed by atoms with E-state index in [0.717, 1.165) is 30.0 Å². The monoisotopic (exact) mass is 240 g/mol. The van der Waals surface area contributed by atoms with Crippen molar-refractivity contribution in [2.45, 2.75) is 50.7 Å². The zero-order chi connectivity index (χ0) is 11.8. The molecule has 1 heterocycles. The van der Waals surface area contributed by atoms with Crippen LogP contribution in [-0.2, 0) is 16.8 Å². The molecule has 16 heavy (non-hydrogen) atoms. The zero-order valence-electron chi connectivity index (χ0n) is 10.2. The summed E-state index contributed by atoms with van der Waals surface area (Å²) in [6.45, 7) is 4.08. The molecule has 1 aliphatic rings. The molecular formula is C12H20N2OS. The Balaban J connectivity index is 2.08. The third kappa shape index (κ3) is 2.29. The fraction of sp³-hybridized carbons (Fsp3) is 0.750. The van der Waals surface area contributed by atoms with Crippen molar-refractivity contribution in [1.82, 2.24) is 4.98 Å². The van der Waals surface area contributed by atoms with Crippen LogP contribution in [0.1, 0.15) is 43.8 Å². The van der Waals surface area contributed by atoms with Gasteiger partial charge < -0.3 is 10.5 Å². The van der Waals surface area contributed by atoms with E-state index in [9.17, 15) is 0 Å². The molecule has 0 amide bonds. The first-order valence-corrected chi connectivity index (χ1v) is 6.62. The van der Waals surface area contributed by atoms with Gasteiger partial charge in [0.25, 0.3) is 0 Å². The normalized spacial score (nSPS) is 19.5. The first kappa shape index (κ1) is 12.0. The van der Waals surface area contributed by atoms with Crippen molar-refractivity contribution in [3.8, 4) is 0 Å². The molecule has 1 aromatic rings. The van der Waals surface area contributed by atoms with E-state index < -0.39 is 0 Å². The van der Waals surface area contributed by atoms with Crippen LogP contribution in [0.5, 0.6) is 0 Å². The van der Waals surface area contributed by atoms with Crippen LogP contribution in [0.4, 0.5) is 0 Å². The number of hydrogen-bond acceptors (Lipinski definition) is 4. The van der Waals surface area contributed by atoms with Gasteiger partial charge in [-0.05, 0) is 33.1 Å². The minimum atomic E-state index is -0.287. The number of rotatable bonds is 4. The summed E-state index contributed by atoms with van der Waals surface area (Å²) >= 11 is 1.66. The first-order chi connectivity index (χ1) is 7.45. The number of nitrogens with two attached hydrogens (primary N) is 1. The summed E-state index contributed by atoms with van der Waals surface area (Å²) in [5, 5.41) is 3.15. The molecule has 0 atom stereocenters. The lowest BCUT2D eigenvalue weighted by atomic mass is 9.75. The maximum Gasteiger partial charge on any atom is 0.124 e. The third-order valence-electron chi connectivity index (χ3n) is 3.46. The van der Waals surface area contributed by atoms with E-state index in [1.807, 2.05) is 13.8 Å². The van der Waals surface area contributed by atoms with Crippen molar-refractivity contribution in [2.24, 2.45) is 5.73 Å². The molecule has 1 aliphatic carbocycles. The van der Waals surface area contributed by atoms with E-state index in [1.165, 1.54) is 6.42 Å². The highest BCUT2D eigenvalue weighted by Crippen LogP contribution is 2.34. The second-order valence-corrected chi connectivity index (χ2v) is 6.11. The second kappa shape index (κ2) is 4.09. The van der Waals surface area contributed by atoms with Gasteiger partial charge in [-0.15, -0.1) is 11.3 Å². The molecule has 2 rings (SSSR count). The predicted molar refractivity (Wildman–Crippen MR) is 66.6 cm³/mol. The van der Waals surface area contributed by atoms with E-state index in [1.54, 1.807) is 18.4 Å². The maximum absolute atomic E-state index is 6.22. The number of thiazole rings is 1. The highest BCUT2D eigenvalue weighted by atomic mass is 32.1. The van der Waals surface area contributed by atoms with Crippen LogP contribution in [-0.4, -0.2) is 17.6 Å². The van der Waals surface area contributed by atoms with Crippen molar-refractivity contribution in [3.63, 3.8) is 0 Å². The van der Waals surface area contributed by atoms with Gasteiger partial charge in [0, 0.05) is 24.4 Å². The molecule has 0 bridgehead atoms. The van der Waals surface area contributed by atoms with Gasteiger partial charge in [0.2, 0.25) is 0 Å². The summed E-state index contributed by atoms with van der Waals surface area (Å²) in [6.07, 6.45) is 4.43. The summed E-state index contributed by atoms with van der Waals surface area (Å²) in [6, 6.07) is 0. The van der Waals surface area contributed by atoms with Crippen LogP contribution in [0.15, 0.2) is 5.38 Å². The van der Waals surface area contributed by atoms with Gasteiger partial charge >= 0.3 is 0 Å². The fourth-order valence-electron chi connectivity index (χ4n) is 1.92. The van der Waals surface area contributed by atoms with Crippen molar-refractivity contribution < 1.29 is 4.74 Å². The van der Waals surface area contributed by atoms with Crippen LogP contribution in [0.25, 0.3) is 0 Å². The van der Waals surface area contributed by atoms with Gasteiger partial charge in [0.05, 0.1) is 5.69 Å². The molecule has 0 radical (unpaired) electrons. The fourth-order valence-corrected chi connectivity index (χ4v) is 2.84. The quantitative estimate of drug-likeness (QED) is 0.879. The number of aromatic nitrogens is 1. The SMILES string of the molecule is COC(C)(C)c1nc(CC2(N)CCC2)cs1. The van der Waals surface area contributed by atoms with E-state index in [-0.39, 0.29) is 11.1 Å². The minimum absolute atomic E-state index is 0.0164. The van der Waals surface area contributed by atoms with Gasteiger partial charge in [0.1, 0.15) is 10.6 Å². The lowest BCUT2D eigenvalue weighted by Gasteiger charge is -2.37. The molecule has 0 aliphatic heterocycles. The van der Waals surface area contributed by atoms with E-state index in [0.29, 0.717) is 0 Å². The van der Waals surface area contributed by atoms with E-state index in [4.69, 9.17) is 10.5 Å². The minimum Gasteiger partial charge on any atom is -0.372 e. The lowest BCUT2D eigenvalue weighted by molar-refractivity contribution is 0.0188. The molecule has 4 heteroatoms. The average Bonchev–Trinajstić information content (AvgIpc) is 2.64. The third-order valence-corrected chi connectivity index (χ3v) is 4.66. The Bertz CT molecular complexity index is 369. The Labute approximate surface area is 101 Å². The van der Waals surface area contributed by atoms with Crippen LogP contribution in [0, 0.1) is 0 Å². The van der Waals surface area contributed by atoms with E-state index in [2.05, 4.69) is 10.4 Å². The summed E-state index contributed by atoms with van der Waals surface area (Å²) < 4.78 is 5.42. The van der Waals surface area contributed by atoms with Gasteiger partial charge in [-0.25, -0.2) is 4.98 Å². The number of nitrogens with zero attached hydrogens (tertiary/aromatic N) is 1. The van der Waals surface area contributed by atoms with E-state index >= 15 is 0 Å². The summed E-state index contributed by atoms with van der Waals surface area (Å²) in [5.74, 6) is 0. The number of ether oxygens (including phenoxy) is 1. The smallest absolute Gasteiger partial charge is 0.124 e. The molecule has 1 fully saturated rings. The van der Waals surface area contributed by atoms with Crippen molar-refractivity contribution in [2.75, 3.05) is 7.11 Å². The average molecular weight is 240 g/mol. The standard InChI is InChI=1S/C12H20N2OS/c1-11(2,15-3)10-14-9(8-16-10)7-12(13)5-4-6-12/h8H,4-7,13H2,1-3H3. The number of methoxy groups -OCH3 is 1. The Hall–Kier alpha value is -0.450. The largest absolute Gasteiger partial charge is 0.372 e. The molecule has 1 aromatic heterocycles. The summed E-state index contributed by atoms with van der Waals surface area (Å²) in [5.41, 5.74) is 7.07. The van der Waals surface area contributed by atoms with Crippen LogP contribution in [0.2, 0.25) is 0 Å². The molecule has 2 N–H and O–H groups in total. The second-order valence-electron chi connectivity index (χ2n) is 5.25. The van der Waals surface area contributed by atoms with Crippen molar-refractivity contribution >= 4 is 11.3 Å². The highest BCUT2D eigenvalue weighted by Gasteiger charge is 2.34. The number of hydrogen-bond donors (Lipinski definition) is 1. The molecule has 3 nitrogen and oxygen atoms in total. The van der Waals surface area contributed by atoms with Gasteiger partial charge in [0.15, 0.2) is 0 Å². The molecule has 0 spiro atoms. The topological polar surface area (TPSA) is 48.1 Å². The van der Waals surface area contributed by atoms with Gasteiger partial charge in [-0.2, -0.15) is 0 Å². The summed E-state index contributed by atoms with van der Waals surface area (Å²) in [4.78, 5) is 4.63. The van der Waals surface area contributed by atoms with Gasteiger partial charge in [-0.3, -0.25) is 0 Å². The van der Waals surface area contributed by atoms with Gasteiger partial charge in [-0.1, -0.05) is 0 Å². The Morgan fingerprint density at radius 1 is 1.56 bits per heavy atom. The zero-order valence-corrected chi connectivity index (χ0v) is 11.1. The molecule has 1 saturated carbocycles. The summed E-state index contributed by atoms with van der Waals surface area (Å²) in [7, 11) is 1.72. The van der Waals surface area contributed by atoms with Crippen LogP contribution >= 0.6 is 11.3 Å². The Kier molecular flexibility index (Phi) is 3.07. The first-order valence-electron chi connectivity index (χ1n) is 5.74. The molecule has 0 unspecified atom stereocenters. The highest BCUT2D eigenvalue weighted by molar-refractivity contribution is 7.09. The lowest BCUT2D eigenvalue weighted by Crippen LogP contribution is -2.48. The Morgan fingerprint density at radius 3 is 2.75 bits per heavy atom. The molecular weight excluding hydrogens is 220 g/mol. The molecule has 90 valence electrons.